The van der Waals surface area contributed by atoms with Gasteiger partial charge in [0.25, 0.3) is 0 Å². The summed E-state index contributed by atoms with van der Waals surface area (Å²) < 4.78 is 0. The van der Waals surface area contributed by atoms with Crippen LogP contribution >= 0.6 is 0 Å². The van der Waals surface area contributed by atoms with Gasteiger partial charge in [-0.1, -0.05) is 172 Å². The van der Waals surface area contributed by atoms with Gasteiger partial charge in [-0.2, -0.15) is 0 Å². The zero-order valence-electron chi connectivity index (χ0n) is 25.5. The van der Waals surface area contributed by atoms with E-state index in [1.165, 1.54) is 88.0 Å². The monoisotopic (exact) mass is 572 g/mol. The smallest absolute Gasteiger partial charge is 0.0165 e. The van der Waals surface area contributed by atoms with Gasteiger partial charge in [-0.25, -0.2) is 0 Å². The summed E-state index contributed by atoms with van der Waals surface area (Å²) in [5.41, 5.74) is 13.2. The summed E-state index contributed by atoms with van der Waals surface area (Å²) in [6.07, 6.45) is 0. The molecule has 0 amide bonds. The lowest BCUT2D eigenvalue weighted by Crippen LogP contribution is -2.15. The Hall–Kier alpha value is -5.46. The van der Waals surface area contributed by atoms with Gasteiger partial charge in [-0.15, -0.1) is 0 Å². The van der Waals surface area contributed by atoms with Crippen molar-refractivity contribution in [3.8, 4) is 44.5 Å². The fourth-order valence-electron chi connectivity index (χ4n) is 8.08. The molecule has 0 bridgehead atoms. The average molecular weight is 573 g/mol. The molecule has 0 nitrogen and oxygen atoms in total. The maximum Gasteiger partial charge on any atom is 0.0165 e. The van der Waals surface area contributed by atoms with Crippen LogP contribution in [0.5, 0.6) is 0 Å². The van der Waals surface area contributed by atoms with E-state index in [0.29, 0.717) is 0 Å². The van der Waals surface area contributed by atoms with Crippen molar-refractivity contribution in [2.75, 3.05) is 0 Å². The minimum Gasteiger partial charge on any atom is -0.0622 e. The average Bonchev–Trinajstić information content (AvgIpc) is 3.34. The van der Waals surface area contributed by atoms with E-state index in [0.717, 1.165) is 0 Å². The van der Waals surface area contributed by atoms with Gasteiger partial charge in [0.15, 0.2) is 0 Å². The van der Waals surface area contributed by atoms with Gasteiger partial charge >= 0.3 is 0 Å². The van der Waals surface area contributed by atoms with Gasteiger partial charge in [0.1, 0.15) is 0 Å². The number of hydrogen-bond acceptors (Lipinski definition) is 0. The van der Waals surface area contributed by atoms with Crippen LogP contribution in [0.4, 0.5) is 0 Å². The number of benzene rings is 8. The van der Waals surface area contributed by atoms with Crippen LogP contribution in [0.1, 0.15) is 25.0 Å². The van der Waals surface area contributed by atoms with Crippen LogP contribution in [-0.2, 0) is 5.41 Å². The van der Waals surface area contributed by atoms with Crippen LogP contribution in [0.3, 0.4) is 0 Å². The molecule has 0 atom stereocenters. The highest BCUT2D eigenvalue weighted by atomic mass is 14.4. The first-order valence-electron chi connectivity index (χ1n) is 15.9. The van der Waals surface area contributed by atoms with E-state index in [9.17, 15) is 0 Å². The molecule has 0 radical (unpaired) electrons. The number of hydrogen-bond donors (Lipinski definition) is 0. The molecule has 1 aliphatic carbocycles. The minimum atomic E-state index is -0.0397. The number of rotatable bonds is 3. The predicted molar refractivity (Wildman–Crippen MR) is 193 cm³/mol. The molecule has 45 heavy (non-hydrogen) atoms. The summed E-state index contributed by atoms with van der Waals surface area (Å²) in [4.78, 5) is 0. The molecule has 9 rings (SSSR count). The SMILES string of the molecule is CC1(C)c2ccccc2-c2ccc3c(-c4ccc(-c5c6ccccc6c(-c6ccccc6)c6ccccc56)cc4)cccc3c21. The molecule has 0 unspecified atom stereocenters. The van der Waals surface area contributed by atoms with E-state index < -0.39 is 0 Å². The maximum absolute atomic E-state index is 2.37. The molecule has 0 heteroatoms. The van der Waals surface area contributed by atoms with Gasteiger partial charge in [0.2, 0.25) is 0 Å². The molecule has 8 aromatic carbocycles. The van der Waals surface area contributed by atoms with Gasteiger partial charge in [0.05, 0.1) is 0 Å². The number of fused-ring (bicyclic) bond motifs is 7. The molecule has 0 spiro atoms. The first-order valence-corrected chi connectivity index (χ1v) is 15.9. The van der Waals surface area contributed by atoms with Crippen molar-refractivity contribution in [1.29, 1.82) is 0 Å². The van der Waals surface area contributed by atoms with Gasteiger partial charge in [-0.3, -0.25) is 0 Å². The Balaban J connectivity index is 1.22. The molecule has 0 saturated heterocycles. The Labute approximate surface area is 264 Å². The van der Waals surface area contributed by atoms with E-state index in [2.05, 4.69) is 172 Å². The Morgan fingerprint density at radius 1 is 0.311 bits per heavy atom. The molecule has 0 saturated carbocycles. The summed E-state index contributed by atoms with van der Waals surface area (Å²) in [6, 6.07) is 58.2. The van der Waals surface area contributed by atoms with Gasteiger partial charge in [-0.05, 0) is 88.0 Å². The molecule has 0 heterocycles. The summed E-state index contributed by atoms with van der Waals surface area (Å²) in [5, 5.41) is 7.80. The van der Waals surface area contributed by atoms with Crippen LogP contribution in [0.2, 0.25) is 0 Å². The van der Waals surface area contributed by atoms with E-state index in [1.807, 2.05) is 0 Å². The zero-order valence-corrected chi connectivity index (χ0v) is 25.5. The third-order valence-corrected chi connectivity index (χ3v) is 10.1. The van der Waals surface area contributed by atoms with Crippen LogP contribution < -0.4 is 0 Å². The second-order valence-corrected chi connectivity index (χ2v) is 12.8. The van der Waals surface area contributed by atoms with Crippen molar-refractivity contribution in [1.82, 2.24) is 0 Å². The standard InChI is InChI=1S/C45H32/c1-45(2)41-22-11-10-15-34(41)40-28-27-33-32(20-12-21-39(33)44(40)45)29-23-25-31(26-24-29)43-37-18-8-6-16-35(37)42(30-13-4-3-5-14-30)36-17-7-9-19-38(36)43/h3-28H,1-2H3. The van der Waals surface area contributed by atoms with Crippen molar-refractivity contribution in [2.24, 2.45) is 0 Å². The molecule has 0 fully saturated rings. The second-order valence-electron chi connectivity index (χ2n) is 12.8. The van der Waals surface area contributed by atoms with Crippen LogP contribution in [0.25, 0.3) is 76.8 Å². The lowest BCUT2D eigenvalue weighted by Gasteiger charge is -2.23. The van der Waals surface area contributed by atoms with Crippen LogP contribution in [0, 0.1) is 0 Å². The Bertz CT molecular complexity index is 2370. The van der Waals surface area contributed by atoms with Crippen molar-refractivity contribution in [3.63, 3.8) is 0 Å². The highest BCUT2D eigenvalue weighted by molar-refractivity contribution is 6.21. The largest absolute Gasteiger partial charge is 0.0622 e. The molecule has 0 aliphatic heterocycles. The molecular formula is C45H32. The Morgan fingerprint density at radius 2 is 0.800 bits per heavy atom. The maximum atomic E-state index is 2.37. The normalized spacial score (nSPS) is 13.3. The van der Waals surface area contributed by atoms with E-state index >= 15 is 0 Å². The van der Waals surface area contributed by atoms with Crippen LogP contribution in [-0.4, -0.2) is 0 Å². The molecule has 0 aromatic heterocycles. The quantitative estimate of drug-likeness (QED) is 0.185. The summed E-state index contributed by atoms with van der Waals surface area (Å²) in [5.74, 6) is 0. The first kappa shape index (κ1) is 26.0. The zero-order chi connectivity index (χ0) is 30.1. The van der Waals surface area contributed by atoms with Crippen molar-refractivity contribution < 1.29 is 0 Å². The fourth-order valence-corrected chi connectivity index (χ4v) is 8.08. The Kier molecular flexibility index (Phi) is 5.64. The Morgan fingerprint density at radius 3 is 1.44 bits per heavy atom. The highest BCUT2D eigenvalue weighted by Gasteiger charge is 2.36. The summed E-state index contributed by atoms with van der Waals surface area (Å²) in [6.45, 7) is 4.74. The van der Waals surface area contributed by atoms with Gasteiger partial charge < -0.3 is 0 Å². The summed E-state index contributed by atoms with van der Waals surface area (Å²) in [7, 11) is 0. The van der Waals surface area contributed by atoms with Crippen molar-refractivity contribution in [3.05, 3.63) is 169 Å². The molecule has 0 N–H and O–H groups in total. The molecule has 8 aromatic rings. The van der Waals surface area contributed by atoms with Crippen LogP contribution in [0.15, 0.2) is 158 Å². The lowest BCUT2D eigenvalue weighted by molar-refractivity contribution is 0.666. The predicted octanol–water partition coefficient (Wildman–Crippen LogP) is 12.5. The van der Waals surface area contributed by atoms with Crippen molar-refractivity contribution in [2.45, 2.75) is 19.3 Å². The fraction of sp³-hybridized carbons (Fsp3) is 0.0667. The molecular weight excluding hydrogens is 540 g/mol. The van der Waals surface area contributed by atoms with Gasteiger partial charge in [0, 0.05) is 5.41 Å². The van der Waals surface area contributed by atoms with E-state index in [1.54, 1.807) is 0 Å². The molecule has 1 aliphatic rings. The first-order chi connectivity index (χ1) is 22.1. The third-order valence-electron chi connectivity index (χ3n) is 10.1. The lowest BCUT2D eigenvalue weighted by atomic mass is 9.79. The van der Waals surface area contributed by atoms with Crippen molar-refractivity contribution >= 4 is 32.3 Å². The second kappa shape index (κ2) is 9.78. The minimum absolute atomic E-state index is 0.0397. The molecule has 212 valence electrons. The summed E-state index contributed by atoms with van der Waals surface area (Å²) >= 11 is 0. The highest BCUT2D eigenvalue weighted by Crippen LogP contribution is 2.52. The van der Waals surface area contributed by atoms with E-state index in [4.69, 9.17) is 0 Å². The van der Waals surface area contributed by atoms with E-state index in [-0.39, 0.29) is 5.41 Å². The topological polar surface area (TPSA) is 0 Å². The third kappa shape index (κ3) is 3.79.